The maximum absolute atomic E-state index is 12.9. The molecular formula is C27H29N3O2. The van der Waals surface area contributed by atoms with Gasteiger partial charge in [0.15, 0.2) is 0 Å². The molecule has 0 saturated carbocycles. The Morgan fingerprint density at radius 3 is 2.16 bits per heavy atom. The van der Waals surface area contributed by atoms with Crippen LogP contribution in [0.15, 0.2) is 78.9 Å². The Hall–Kier alpha value is -3.44. The van der Waals surface area contributed by atoms with Gasteiger partial charge in [0, 0.05) is 43.9 Å². The number of benzene rings is 3. The Kier molecular flexibility index (Phi) is 6.97. The van der Waals surface area contributed by atoms with Gasteiger partial charge in [-0.1, -0.05) is 60.7 Å². The summed E-state index contributed by atoms with van der Waals surface area (Å²) in [6.45, 7) is 3.75. The molecule has 3 aromatic rings. The van der Waals surface area contributed by atoms with Crippen molar-refractivity contribution in [2.45, 2.75) is 13.0 Å². The lowest BCUT2D eigenvalue weighted by Gasteiger charge is -2.32. The van der Waals surface area contributed by atoms with Crippen LogP contribution in [0.4, 0.5) is 0 Å². The van der Waals surface area contributed by atoms with E-state index in [1.54, 1.807) is 0 Å². The monoisotopic (exact) mass is 427 g/mol. The quantitative estimate of drug-likeness (QED) is 0.654. The average Bonchev–Trinajstić information content (AvgIpc) is 2.84. The zero-order valence-corrected chi connectivity index (χ0v) is 18.5. The second kappa shape index (κ2) is 10.2. The topological polar surface area (TPSA) is 52.6 Å². The summed E-state index contributed by atoms with van der Waals surface area (Å²) in [5, 5.41) is 3.02. The van der Waals surface area contributed by atoms with Gasteiger partial charge in [0.25, 0.3) is 11.8 Å². The van der Waals surface area contributed by atoms with E-state index in [9.17, 15) is 9.59 Å². The maximum Gasteiger partial charge on any atom is 0.253 e. The molecule has 1 saturated heterocycles. The molecule has 1 aliphatic heterocycles. The number of likely N-dealkylation sites (N-methyl/N-ethyl adjacent to an activating group) is 1. The first kappa shape index (κ1) is 21.8. The zero-order chi connectivity index (χ0) is 22.3. The second-order valence-corrected chi connectivity index (χ2v) is 8.29. The first-order valence-corrected chi connectivity index (χ1v) is 11.1. The Morgan fingerprint density at radius 1 is 0.781 bits per heavy atom. The van der Waals surface area contributed by atoms with E-state index in [1.807, 2.05) is 71.6 Å². The van der Waals surface area contributed by atoms with Crippen molar-refractivity contribution in [3.8, 4) is 0 Å². The van der Waals surface area contributed by atoms with Crippen LogP contribution in [-0.2, 0) is 13.0 Å². The van der Waals surface area contributed by atoms with Crippen LogP contribution in [0.2, 0.25) is 0 Å². The molecule has 5 heteroatoms. The van der Waals surface area contributed by atoms with Crippen molar-refractivity contribution in [3.63, 3.8) is 0 Å². The summed E-state index contributed by atoms with van der Waals surface area (Å²) in [5.41, 5.74) is 4.53. The molecule has 1 heterocycles. The van der Waals surface area contributed by atoms with E-state index in [-0.39, 0.29) is 11.8 Å². The van der Waals surface area contributed by atoms with Crippen molar-refractivity contribution >= 4 is 11.8 Å². The molecule has 32 heavy (non-hydrogen) atoms. The number of nitrogens with zero attached hydrogens (tertiary/aromatic N) is 2. The van der Waals surface area contributed by atoms with Crippen molar-refractivity contribution < 1.29 is 9.59 Å². The molecule has 2 amide bonds. The molecule has 0 aromatic heterocycles. The van der Waals surface area contributed by atoms with E-state index in [4.69, 9.17) is 0 Å². The summed E-state index contributed by atoms with van der Waals surface area (Å²) in [5.74, 6) is -0.0161. The van der Waals surface area contributed by atoms with Crippen LogP contribution in [0.3, 0.4) is 0 Å². The van der Waals surface area contributed by atoms with Crippen molar-refractivity contribution in [2.24, 2.45) is 0 Å². The van der Waals surface area contributed by atoms with Crippen LogP contribution in [-0.4, -0.2) is 54.8 Å². The molecule has 0 bridgehead atoms. The fraction of sp³-hybridized carbons (Fsp3) is 0.259. The van der Waals surface area contributed by atoms with Gasteiger partial charge in [-0.15, -0.1) is 0 Å². The average molecular weight is 428 g/mol. The summed E-state index contributed by atoms with van der Waals surface area (Å²) in [6, 6.07) is 25.4. The zero-order valence-electron chi connectivity index (χ0n) is 18.5. The highest BCUT2D eigenvalue weighted by molar-refractivity contribution is 5.96. The van der Waals surface area contributed by atoms with Crippen LogP contribution < -0.4 is 5.32 Å². The third kappa shape index (κ3) is 5.42. The molecule has 1 fully saturated rings. The molecule has 164 valence electrons. The lowest BCUT2D eigenvalue weighted by molar-refractivity contribution is 0.0664. The number of carbonyl (C=O) groups is 2. The number of carbonyl (C=O) groups excluding carboxylic acids is 2. The normalized spacial score (nSPS) is 14.2. The minimum Gasteiger partial charge on any atom is -0.348 e. The SMILES string of the molecule is CN1CCN(C(=O)c2ccc(CNC(=O)c3ccccc3Cc3ccccc3)cc2)CC1. The van der Waals surface area contributed by atoms with Gasteiger partial charge in [-0.25, -0.2) is 0 Å². The lowest BCUT2D eigenvalue weighted by Crippen LogP contribution is -2.47. The number of piperazine rings is 1. The standard InChI is InChI=1S/C27H29N3O2/c1-29-15-17-30(18-16-29)27(32)23-13-11-22(12-14-23)20-28-26(31)25-10-6-5-9-24(25)19-21-7-3-2-4-8-21/h2-14H,15-20H2,1H3,(H,28,31). The van der Waals surface area contributed by atoms with Crippen LogP contribution >= 0.6 is 0 Å². The highest BCUT2D eigenvalue weighted by atomic mass is 16.2. The molecule has 0 atom stereocenters. The van der Waals surface area contributed by atoms with E-state index in [0.717, 1.165) is 37.3 Å². The Balaban J connectivity index is 1.36. The molecule has 0 unspecified atom stereocenters. The Bertz CT molecular complexity index is 1060. The van der Waals surface area contributed by atoms with Gasteiger partial charge < -0.3 is 15.1 Å². The number of hydrogen-bond donors (Lipinski definition) is 1. The predicted octanol–water partition coefficient (Wildman–Crippen LogP) is 3.60. The van der Waals surface area contributed by atoms with Crippen LogP contribution in [0.1, 0.15) is 37.4 Å². The minimum atomic E-state index is -0.0888. The van der Waals surface area contributed by atoms with Crippen molar-refractivity contribution in [1.29, 1.82) is 0 Å². The highest BCUT2D eigenvalue weighted by Crippen LogP contribution is 2.15. The smallest absolute Gasteiger partial charge is 0.253 e. The number of rotatable bonds is 6. The van der Waals surface area contributed by atoms with E-state index in [0.29, 0.717) is 24.1 Å². The third-order valence-electron chi connectivity index (χ3n) is 5.94. The molecule has 0 radical (unpaired) electrons. The molecule has 0 aliphatic carbocycles. The van der Waals surface area contributed by atoms with Crippen molar-refractivity contribution in [3.05, 3.63) is 107 Å². The van der Waals surface area contributed by atoms with Gasteiger partial charge in [0.05, 0.1) is 0 Å². The van der Waals surface area contributed by atoms with Gasteiger partial charge in [-0.05, 0) is 48.4 Å². The molecule has 4 rings (SSSR count). The third-order valence-corrected chi connectivity index (χ3v) is 5.94. The Labute approximate surface area is 189 Å². The van der Waals surface area contributed by atoms with Gasteiger partial charge >= 0.3 is 0 Å². The van der Waals surface area contributed by atoms with Gasteiger partial charge in [0.2, 0.25) is 0 Å². The van der Waals surface area contributed by atoms with E-state index in [1.165, 1.54) is 5.56 Å². The van der Waals surface area contributed by atoms with E-state index < -0.39 is 0 Å². The predicted molar refractivity (Wildman–Crippen MR) is 127 cm³/mol. The van der Waals surface area contributed by atoms with Crippen LogP contribution in [0, 0.1) is 0 Å². The number of amides is 2. The van der Waals surface area contributed by atoms with Crippen molar-refractivity contribution in [2.75, 3.05) is 33.2 Å². The maximum atomic E-state index is 12.9. The molecule has 0 spiro atoms. The molecule has 5 nitrogen and oxygen atoms in total. The van der Waals surface area contributed by atoms with Crippen LogP contribution in [0.5, 0.6) is 0 Å². The molecule has 3 aromatic carbocycles. The Morgan fingerprint density at radius 2 is 1.44 bits per heavy atom. The molecule has 1 N–H and O–H groups in total. The molecule has 1 aliphatic rings. The first-order chi connectivity index (χ1) is 15.6. The van der Waals surface area contributed by atoms with Gasteiger partial charge in [0.1, 0.15) is 0 Å². The summed E-state index contributed by atoms with van der Waals surface area (Å²) >= 11 is 0. The van der Waals surface area contributed by atoms with E-state index in [2.05, 4.69) is 29.4 Å². The molecular weight excluding hydrogens is 398 g/mol. The minimum absolute atomic E-state index is 0.0727. The van der Waals surface area contributed by atoms with Crippen LogP contribution in [0.25, 0.3) is 0 Å². The lowest BCUT2D eigenvalue weighted by atomic mass is 9.99. The fourth-order valence-electron chi connectivity index (χ4n) is 3.95. The van der Waals surface area contributed by atoms with Gasteiger partial charge in [-0.2, -0.15) is 0 Å². The number of hydrogen-bond acceptors (Lipinski definition) is 3. The number of nitrogens with one attached hydrogen (secondary N) is 1. The van der Waals surface area contributed by atoms with Gasteiger partial charge in [-0.3, -0.25) is 9.59 Å². The summed E-state index contributed by atoms with van der Waals surface area (Å²) in [7, 11) is 2.07. The van der Waals surface area contributed by atoms with Crippen molar-refractivity contribution in [1.82, 2.24) is 15.1 Å². The second-order valence-electron chi connectivity index (χ2n) is 8.29. The fourth-order valence-corrected chi connectivity index (χ4v) is 3.95. The summed E-state index contributed by atoms with van der Waals surface area (Å²) < 4.78 is 0. The summed E-state index contributed by atoms with van der Waals surface area (Å²) in [6.07, 6.45) is 0.716. The van der Waals surface area contributed by atoms with E-state index >= 15 is 0 Å². The first-order valence-electron chi connectivity index (χ1n) is 11.1. The highest BCUT2D eigenvalue weighted by Gasteiger charge is 2.20. The largest absolute Gasteiger partial charge is 0.348 e. The summed E-state index contributed by atoms with van der Waals surface area (Å²) in [4.78, 5) is 29.7.